The first-order valence-electron chi connectivity index (χ1n) is 7.58. The van der Waals surface area contributed by atoms with Crippen LogP contribution < -0.4 is 10.1 Å². The molecule has 0 unspecified atom stereocenters. The van der Waals surface area contributed by atoms with E-state index in [-0.39, 0.29) is 0 Å². The lowest BCUT2D eigenvalue weighted by atomic mass is 10.1. The molecule has 2 rings (SSSR count). The zero-order chi connectivity index (χ0) is 16.8. The molecule has 0 amide bonds. The Bertz CT molecular complexity index is 663. The maximum absolute atomic E-state index is 6.20. The van der Waals surface area contributed by atoms with Crippen LogP contribution in [0.1, 0.15) is 31.4 Å². The average Bonchev–Trinajstić information content (AvgIpc) is 2.53. The second-order valence-corrected chi connectivity index (χ2v) is 7.23. The first kappa shape index (κ1) is 18.6. The van der Waals surface area contributed by atoms with Crippen molar-refractivity contribution in [3.63, 3.8) is 0 Å². The van der Waals surface area contributed by atoms with Gasteiger partial charge in [-0.1, -0.05) is 52.1 Å². The van der Waals surface area contributed by atoms with Crippen LogP contribution in [-0.4, -0.2) is 6.04 Å². The van der Waals surface area contributed by atoms with Gasteiger partial charge in [0.05, 0.1) is 0 Å². The summed E-state index contributed by atoms with van der Waals surface area (Å²) < 4.78 is 7.01. The minimum Gasteiger partial charge on any atom is -0.489 e. The predicted molar refractivity (Wildman–Crippen MR) is 102 cm³/mol. The Hall–Kier alpha value is -0.740. The van der Waals surface area contributed by atoms with Crippen molar-refractivity contribution in [1.82, 2.24) is 5.32 Å². The second-order valence-electron chi connectivity index (χ2n) is 5.47. The summed E-state index contributed by atoms with van der Waals surface area (Å²) in [5.41, 5.74) is 2.03. The zero-order valence-corrected chi connectivity index (χ0v) is 16.3. The van der Waals surface area contributed by atoms with E-state index in [1.807, 2.05) is 24.3 Å². The minimum atomic E-state index is 0.411. The molecule has 124 valence electrons. The highest BCUT2D eigenvalue weighted by Crippen LogP contribution is 2.26. The molecule has 0 aliphatic carbocycles. The van der Waals surface area contributed by atoms with Gasteiger partial charge in [-0.15, -0.1) is 0 Å². The molecule has 5 heteroatoms. The third-order valence-corrected chi connectivity index (χ3v) is 4.75. The second kappa shape index (κ2) is 8.93. The molecule has 0 radical (unpaired) electrons. The van der Waals surface area contributed by atoms with Crippen molar-refractivity contribution in [2.24, 2.45) is 0 Å². The molecule has 1 N–H and O–H groups in total. The summed E-state index contributed by atoms with van der Waals surface area (Å²) in [4.78, 5) is 0. The van der Waals surface area contributed by atoms with Gasteiger partial charge in [0.1, 0.15) is 12.4 Å². The lowest BCUT2D eigenvalue weighted by Gasteiger charge is -2.16. The van der Waals surface area contributed by atoms with Gasteiger partial charge >= 0.3 is 0 Å². The number of ether oxygens (including phenoxy) is 1. The summed E-state index contributed by atoms with van der Waals surface area (Å²) in [6.07, 6.45) is 1.09. The average molecular weight is 417 g/mol. The fourth-order valence-electron chi connectivity index (χ4n) is 2.05. The number of rotatable bonds is 7. The summed E-state index contributed by atoms with van der Waals surface area (Å²) in [6, 6.07) is 11.9. The van der Waals surface area contributed by atoms with E-state index in [1.165, 1.54) is 0 Å². The van der Waals surface area contributed by atoms with E-state index in [1.54, 1.807) is 6.07 Å². The van der Waals surface area contributed by atoms with Crippen molar-refractivity contribution in [2.45, 2.75) is 39.5 Å². The topological polar surface area (TPSA) is 21.3 Å². The van der Waals surface area contributed by atoms with Crippen molar-refractivity contribution >= 4 is 39.1 Å². The van der Waals surface area contributed by atoms with Gasteiger partial charge in [0.25, 0.3) is 0 Å². The van der Waals surface area contributed by atoms with E-state index in [4.69, 9.17) is 27.9 Å². The summed E-state index contributed by atoms with van der Waals surface area (Å²) in [5.74, 6) is 0.856. The molecule has 1 atom stereocenters. The number of hydrogen-bond acceptors (Lipinski definition) is 2. The van der Waals surface area contributed by atoms with Crippen molar-refractivity contribution in [2.75, 3.05) is 0 Å². The van der Waals surface area contributed by atoms with Gasteiger partial charge in [0.2, 0.25) is 0 Å². The Balaban J connectivity index is 2.09. The van der Waals surface area contributed by atoms with E-state index < -0.39 is 0 Å². The van der Waals surface area contributed by atoms with Gasteiger partial charge in [-0.2, -0.15) is 0 Å². The molecule has 0 fully saturated rings. The van der Waals surface area contributed by atoms with E-state index in [0.29, 0.717) is 22.7 Å². The van der Waals surface area contributed by atoms with E-state index in [2.05, 4.69) is 41.2 Å². The first-order valence-corrected chi connectivity index (χ1v) is 9.13. The van der Waals surface area contributed by atoms with Gasteiger partial charge in [-0.25, -0.2) is 0 Å². The molecule has 2 aromatic carbocycles. The van der Waals surface area contributed by atoms with Crippen LogP contribution in [0.4, 0.5) is 0 Å². The summed E-state index contributed by atoms with van der Waals surface area (Å²) in [7, 11) is 0. The van der Waals surface area contributed by atoms with Gasteiger partial charge in [0, 0.05) is 38.2 Å². The lowest BCUT2D eigenvalue weighted by molar-refractivity contribution is 0.301. The minimum absolute atomic E-state index is 0.411. The highest BCUT2D eigenvalue weighted by Gasteiger charge is 2.08. The van der Waals surface area contributed by atoms with Crippen molar-refractivity contribution in [1.29, 1.82) is 0 Å². The normalized spacial score (nSPS) is 12.2. The Morgan fingerprint density at radius 2 is 1.91 bits per heavy atom. The van der Waals surface area contributed by atoms with Gasteiger partial charge in [0.15, 0.2) is 0 Å². The molecule has 0 spiro atoms. The quantitative estimate of drug-likeness (QED) is 0.578. The van der Waals surface area contributed by atoms with Crippen LogP contribution in [0.3, 0.4) is 0 Å². The highest BCUT2D eigenvalue weighted by molar-refractivity contribution is 9.10. The Kier molecular flexibility index (Phi) is 7.22. The molecule has 0 heterocycles. The van der Waals surface area contributed by atoms with Crippen LogP contribution in [0.2, 0.25) is 10.0 Å². The predicted octanol–water partition coefficient (Wildman–Crippen LogP) is 6.22. The summed E-state index contributed by atoms with van der Waals surface area (Å²) >= 11 is 15.6. The largest absolute Gasteiger partial charge is 0.489 e. The van der Waals surface area contributed by atoms with Crippen LogP contribution >= 0.6 is 39.1 Å². The number of nitrogens with one attached hydrogen (secondary N) is 1. The molecule has 23 heavy (non-hydrogen) atoms. The van der Waals surface area contributed by atoms with Gasteiger partial charge in [-0.05, 0) is 43.7 Å². The molecule has 0 bridgehead atoms. The number of benzene rings is 2. The smallest absolute Gasteiger partial charge is 0.124 e. The van der Waals surface area contributed by atoms with Crippen molar-refractivity contribution in [3.05, 3.63) is 62.0 Å². The monoisotopic (exact) mass is 415 g/mol. The van der Waals surface area contributed by atoms with Crippen LogP contribution in [-0.2, 0) is 13.2 Å². The standard InChI is InChI=1S/C18H20BrCl2NO/c1-3-12(2)22-10-14-8-15(19)5-7-18(14)23-11-13-4-6-16(20)9-17(13)21/h4-9,12,22H,3,10-11H2,1-2H3/t12-/m1/s1. The Morgan fingerprint density at radius 3 is 2.61 bits per heavy atom. The van der Waals surface area contributed by atoms with E-state index in [9.17, 15) is 0 Å². The molecule has 0 saturated carbocycles. The Morgan fingerprint density at radius 1 is 1.13 bits per heavy atom. The third-order valence-electron chi connectivity index (χ3n) is 3.67. The summed E-state index contributed by atoms with van der Waals surface area (Å²) in [5, 5.41) is 4.73. The Labute approximate surface area is 156 Å². The fraction of sp³-hybridized carbons (Fsp3) is 0.333. The summed E-state index contributed by atoms with van der Waals surface area (Å²) in [6.45, 7) is 5.51. The van der Waals surface area contributed by atoms with Crippen LogP contribution in [0.5, 0.6) is 5.75 Å². The number of halogens is 3. The van der Waals surface area contributed by atoms with Gasteiger partial charge in [-0.3, -0.25) is 0 Å². The maximum atomic E-state index is 6.20. The molecular weight excluding hydrogens is 397 g/mol. The fourth-order valence-corrected chi connectivity index (χ4v) is 2.92. The number of hydrogen-bond donors (Lipinski definition) is 1. The van der Waals surface area contributed by atoms with Crippen molar-refractivity contribution < 1.29 is 4.74 Å². The molecular formula is C18H20BrCl2NO. The van der Waals surface area contributed by atoms with Gasteiger partial charge < -0.3 is 10.1 Å². The molecule has 2 aromatic rings. The molecule has 2 nitrogen and oxygen atoms in total. The molecule has 0 aromatic heterocycles. The first-order chi connectivity index (χ1) is 11.0. The van der Waals surface area contributed by atoms with Crippen LogP contribution in [0, 0.1) is 0 Å². The van der Waals surface area contributed by atoms with E-state index in [0.717, 1.165) is 34.3 Å². The van der Waals surface area contributed by atoms with Crippen LogP contribution in [0.25, 0.3) is 0 Å². The molecule has 0 aliphatic rings. The molecule has 0 aliphatic heterocycles. The molecule has 0 saturated heterocycles. The SMILES string of the molecule is CC[C@@H](C)NCc1cc(Br)ccc1OCc1ccc(Cl)cc1Cl. The van der Waals surface area contributed by atoms with E-state index >= 15 is 0 Å². The lowest BCUT2D eigenvalue weighted by Crippen LogP contribution is -2.24. The zero-order valence-electron chi connectivity index (χ0n) is 13.2. The van der Waals surface area contributed by atoms with Crippen molar-refractivity contribution in [3.8, 4) is 5.75 Å². The maximum Gasteiger partial charge on any atom is 0.124 e. The third kappa shape index (κ3) is 5.68. The highest BCUT2D eigenvalue weighted by atomic mass is 79.9. The van der Waals surface area contributed by atoms with Crippen LogP contribution in [0.15, 0.2) is 40.9 Å².